The van der Waals surface area contributed by atoms with Crippen LogP contribution in [0.4, 0.5) is 11.4 Å². The Bertz CT molecular complexity index is 575. The molecule has 0 radical (unpaired) electrons. The summed E-state index contributed by atoms with van der Waals surface area (Å²) >= 11 is 3.50. The Morgan fingerprint density at radius 3 is 2.89 bits per heavy atom. The highest BCUT2D eigenvalue weighted by atomic mass is 79.9. The fourth-order valence-corrected chi connectivity index (χ4v) is 2.80. The van der Waals surface area contributed by atoms with Crippen molar-refractivity contribution in [3.8, 4) is 5.75 Å². The lowest BCUT2D eigenvalue weighted by Gasteiger charge is -2.14. The topological polar surface area (TPSA) is 47.3 Å². The first kappa shape index (κ1) is 12.4. The van der Waals surface area contributed by atoms with Gasteiger partial charge in [0.15, 0.2) is 0 Å². The van der Waals surface area contributed by atoms with Gasteiger partial charge in [-0.1, -0.05) is 18.2 Å². The summed E-state index contributed by atoms with van der Waals surface area (Å²) in [6.07, 6.45) is 1.14. The highest BCUT2D eigenvalue weighted by molar-refractivity contribution is 9.10. The normalized spacial score (nSPS) is 16.8. The number of rotatable bonds is 3. The van der Waals surface area contributed by atoms with Crippen molar-refractivity contribution in [1.29, 1.82) is 0 Å². The molecule has 0 aromatic heterocycles. The van der Waals surface area contributed by atoms with Gasteiger partial charge in [-0.3, -0.25) is 0 Å². The average Bonchev–Trinajstić information content (AvgIpc) is 2.80. The molecular formula is C15H15BrN2O. The van der Waals surface area contributed by atoms with Crippen molar-refractivity contribution in [2.75, 3.05) is 17.6 Å². The van der Waals surface area contributed by atoms with Crippen molar-refractivity contribution in [3.63, 3.8) is 0 Å². The number of nitrogens with one attached hydrogen (secondary N) is 1. The number of benzene rings is 2. The van der Waals surface area contributed by atoms with Crippen LogP contribution in [0.2, 0.25) is 0 Å². The Hall–Kier alpha value is -1.68. The van der Waals surface area contributed by atoms with E-state index in [0.29, 0.717) is 0 Å². The number of halogens is 1. The van der Waals surface area contributed by atoms with Gasteiger partial charge in [0.2, 0.25) is 0 Å². The largest absolute Gasteiger partial charge is 0.488 e. The summed E-state index contributed by atoms with van der Waals surface area (Å²) in [5.41, 5.74) is 8.79. The molecular weight excluding hydrogens is 304 g/mol. The van der Waals surface area contributed by atoms with Gasteiger partial charge in [-0.05, 0) is 45.8 Å². The molecule has 3 nitrogen and oxygen atoms in total. The van der Waals surface area contributed by atoms with Crippen LogP contribution < -0.4 is 15.8 Å². The second-order valence-corrected chi connectivity index (χ2v) is 5.53. The van der Waals surface area contributed by atoms with Crippen molar-refractivity contribution in [2.24, 2.45) is 0 Å². The molecule has 98 valence electrons. The number of fused-ring (bicyclic) bond motifs is 1. The molecule has 0 saturated carbocycles. The summed E-state index contributed by atoms with van der Waals surface area (Å²) < 4.78 is 6.86. The van der Waals surface area contributed by atoms with Crippen LogP contribution in [-0.4, -0.2) is 12.6 Å². The quantitative estimate of drug-likeness (QED) is 0.852. The number of hydrogen-bond acceptors (Lipinski definition) is 3. The summed E-state index contributed by atoms with van der Waals surface area (Å²) in [4.78, 5) is 0. The molecule has 2 aromatic carbocycles. The number of nitrogen functional groups attached to an aromatic ring is 1. The molecule has 1 unspecified atom stereocenters. The van der Waals surface area contributed by atoms with Crippen molar-refractivity contribution in [2.45, 2.75) is 12.5 Å². The van der Waals surface area contributed by atoms with Gasteiger partial charge in [0.1, 0.15) is 11.9 Å². The Kier molecular flexibility index (Phi) is 3.34. The van der Waals surface area contributed by atoms with Crippen LogP contribution in [0.25, 0.3) is 0 Å². The Morgan fingerprint density at radius 1 is 1.26 bits per heavy atom. The number of para-hydroxylation sites is 1. The van der Waals surface area contributed by atoms with Crippen LogP contribution in [0.3, 0.4) is 0 Å². The van der Waals surface area contributed by atoms with E-state index >= 15 is 0 Å². The van der Waals surface area contributed by atoms with Crippen LogP contribution >= 0.6 is 15.9 Å². The first-order chi connectivity index (χ1) is 9.22. The van der Waals surface area contributed by atoms with Gasteiger partial charge in [0.25, 0.3) is 0 Å². The molecule has 1 atom stereocenters. The van der Waals surface area contributed by atoms with Gasteiger partial charge >= 0.3 is 0 Å². The molecule has 0 spiro atoms. The third kappa shape index (κ3) is 2.68. The van der Waals surface area contributed by atoms with E-state index in [0.717, 1.165) is 34.6 Å². The van der Waals surface area contributed by atoms with Crippen molar-refractivity contribution in [1.82, 2.24) is 0 Å². The summed E-state index contributed by atoms with van der Waals surface area (Å²) in [5.74, 6) is 1.01. The van der Waals surface area contributed by atoms with E-state index in [1.807, 2.05) is 30.3 Å². The van der Waals surface area contributed by atoms with E-state index < -0.39 is 0 Å². The molecule has 19 heavy (non-hydrogen) atoms. The molecule has 0 aliphatic carbocycles. The Balaban J connectivity index is 1.63. The maximum absolute atomic E-state index is 5.89. The lowest BCUT2D eigenvalue weighted by Crippen LogP contribution is -2.24. The second-order valence-electron chi connectivity index (χ2n) is 4.67. The lowest BCUT2D eigenvalue weighted by molar-refractivity contribution is 0.246. The molecule has 1 heterocycles. The van der Waals surface area contributed by atoms with Gasteiger partial charge in [0, 0.05) is 22.3 Å². The minimum absolute atomic E-state index is 0.182. The SMILES string of the molecule is Nc1ccc(NCC2Cc3ccccc3O2)c(Br)c1. The average molecular weight is 319 g/mol. The smallest absolute Gasteiger partial charge is 0.123 e. The second kappa shape index (κ2) is 5.13. The van der Waals surface area contributed by atoms with Crippen molar-refractivity contribution >= 4 is 27.3 Å². The van der Waals surface area contributed by atoms with Gasteiger partial charge in [-0.2, -0.15) is 0 Å². The zero-order valence-electron chi connectivity index (χ0n) is 10.4. The summed E-state index contributed by atoms with van der Waals surface area (Å²) in [7, 11) is 0. The zero-order chi connectivity index (χ0) is 13.2. The molecule has 3 rings (SSSR count). The maximum atomic E-state index is 5.89. The predicted molar refractivity (Wildman–Crippen MR) is 81.6 cm³/mol. The van der Waals surface area contributed by atoms with Crippen LogP contribution in [0.1, 0.15) is 5.56 Å². The van der Waals surface area contributed by atoms with E-state index in [9.17, 15) is 0 Å². The van der Waals surface area contributed by atoms with Crippen LogP contribution in [0, 0.1) is 0 Å². The predicted octanol–water partition coefficient (Wildman–Crippen LogP) is 3.45. The Labute approximate surface area is 120 Å². The maximum Gasteiger partial charge on any atom is 0.123 e. The fraction of sp³-hybridized carbons (Fsp3) is 0.200. The van der Waals surface area contributed by atoms with E-state index in [4.69, 9.17) is 10.5 Å². The number of anilines is 2. The summed E-state index contributed by atoms with van der Waals surface area (Å²) in [6.45, 7) is 0.775. The molecule has 1 aliphatic rings. The third-order valence-corrected chi connectivity index (χ3v) is 3.88. The van der Waals surface area contributed by atoms with E-state index in [1.165, 1.54) is 5.56 Å². The molecule has 1 aliphatic heterocycles. The minimum atomic E-state index is 0.182. The highest BCUT2D eigenvalue weighted by Crippen LogP contribution is 2.29. The first-order valence-corrected chi connectivity index (χ1v) is 7.05. The van der Waals surface area contributed by atoms with Gasteiger partial charge < -0.3 is 15.8 Å². The first-order valence-electron chi connectivity index (χ1n) is 6.26. The summed E-state index contributed by atoms with van der Waals surface area (Å²) in [6, 6.07) is 14.0. The van der Waals surface area contributed by atoms with E-state index in [2.05, 4.69) is 33.4 Å². The fourth-order valence-electron chi connectivity index (χ4n) is 2.27. The van der Waals surface area contributed by atoms with Crippen LogP contribution in [0.5, 0.6) is 5.75 Å². The minimum Gasteiger partial charge on any atom is -0.488 e. The number of ether oxygens (including phenoxy) is 1. The molecule has 2 aromatic rings. The van der Waals surface area contributed by atoms with Crippen LogP contribution in [0.15, 0.2) is 46.9 Å². The van der Waals surface area contributed by atoms with E-state index in [-0.39, 0.29) is 6.10 Å². The highest BCUT2D eigenvalue weighted by Gasteiger charge is 2.21. The number of nitrogens with two attached hydrogens (primary N) is 1. The monoisotopic (exact) mass is 318 g/mol. The third-order valence-electron chi connectivity index (χ3n) is 3.23. The Morgan fingerprint density at radius 2 is 2.11 bits per heavy atom. The molecule has 0 fully saturated rings. The molecule has 0 bridgehead atoms. The molecule has 4 heteroatoms. The van der Waals surface area contributed by atoms with Gasteiger partial charge in [-0.15, -0.1) is 0 Å². The lowest BCUT2D eigenvalue weighted by atomic mass is 10.1. The zero-order valence-corrected chi connectivity index (χ0v) is 12.0. The molecule has 0 amide bonds. The van der Waals surface area contributed by atoms with E-state index in [1.54, 1.807) is 0 Å². The van der Waals surface area contributed by atoms with Gasteiger partial charge in [0.05, 0.1) is 6.54 Å². The number of hydrogen-bond donors (Lipinski definition) is 2. The van der Waals surface area contributed by atoms with Gasteiger partial charge in [-0.25, -0.2) is 0 Å². The standard InChI is InChI=1S/C15H15BrN2O/c16-13-8-11(17)5-6-14(13)18-9-12-7-10-3-1-2-4-15(10)19-12/h1-6,8,12,18H,7,9,17H2. The van der Waals surface area contributed by atoms with Crippen molar-refractivity contribution < 1.29 is 4.74 Å². The molecule has 0 saturated heterocycles. The van der Waals surface area contributed by atoms with Crippen molar-refractivity contribution in [3.05, 3.63) is 52.5 Å². The molecule has 3 N–H and O–H groups in total. The van der Waals surface area contributed by atoms with Crippen LogP contribution in [-0.2, 0) is 6.42 Å². The summed E-state index contributed by atoms with van der Waals surface area (Å²) in [5, 5.41) is 3.39.